The fourth-order valence-electron chi connectivity index (χ4n) is 5.55. The van der Waals surface area contributed by atoms with Gasteiger partial charge in [0.15, 0.2) is 0 Å². The van der Waals surface area contributed by atoms with Gasteiger partial charge in [-0.1, -0.05) is 66.7 Å². The van der Waals surface area contributed by atoms with Gasteiger partial charge in [-0.05, 0) is 71.1 Å². The maximum Gasteiger partial charge on any atom is 0.138 e. The maximum absolute atomic E-state index is 5.06. The van der Waals surface area contributed by atoms with Gasteiger partial charge >= 0.3 is 0 Å². The molecule has 0 bridgehead atoms. The van der Waals surface area contributed by atoms with Crippen molar-refractivity contribution in [3.8, 4) is 56.5 Å². The lowest BCUT2D eigenvalue weighted by molar-refractivity contribution is 1.19. The molecular weight excluding hydrogens is 528 g/mol. The van der Waals surface area contributed by atoms with Gasteiger partial charge in [-0.25, -0.2) is 9.97 Å². The van der Waals surface area contributed by atoms with E-state index >= 15 is 0 Å². The second-order valence-corrected chi connectivity index (χ2v) is 10.3. The first-order valence-corrected chi connectivity index (χ1v) is 14.1. The summed E-state index contributed by atoms with van der Waals surface area (Å²) in [7, 11) is 0. The third-order valence-corrected chi connectivity index (χ3v) is 7.60. The van der Waals surface area contributed by atoms with Crippen molar-refractivity contribution in [2.75, 3.05) is 0 Å². The Morgan fingerprint density at radius 2 is 1.12 bits per heavy atom. The third-order valence-electron chi connectivity index (χ3n) is 7.60. The molecule has 0 atom stereocenters. The van der Waals surface area contributed by atoms with Crippen molar-refractivity contribution in [2.45, 2.75) is 0 Å². The van der Waals surface area contributed by atoms with Crippen LogP contribution in [0.2, 0.25) is 0 Å². The van der Waals surface area contributed by atoms with E-state index in [0.29, 0.717) is 0 Å². The Morgan fingerprint density at radius 3 is 1.84 bits per heavy atom. The average Bonchev–Trinajstić information content (AvgIpc) is 3.48. The number of hydrogen-bond donors (Lipinski definition) is 0. The van der Waals surface area contributed by atoms with Crippen LogP contribution in [0.3, 0.4) is 0 Å². The zero-order chi connectivity index (χ0) is 28.6. The molecule has 6 heteroatoms. The van der Waals surface area contributed by atoms with Crippen LogP contribution in [-0.2, 0) is 0 Å². The molecule has 0 unspecified atom stereocenters. The van der Waals surface area contributed by atoms with E-state index in [0.717, 1.165) is 73.0 Å². The summed E-state index contributed by atoms with van der Waals surface area (Å²) in [6, 6.07) is 40.9. The quantitative estimate of drug-likeness (QED) is 0.214. The minimum Gasteiger partial charge on any atom is -0.299 e. The topological polar surface area (TPSA) is 68.9 Å². The predicted molar refractivity (Wildman–Crippen MR) is 171 cm³/mol. The van der Waals surface area contributed by atoms with Gasteiger partial charge in [0.1, 0.15) is 11.3 Å². The highest BCUT2D eigenvalue weighted by Crippen LogP contribution is 2.36. The van der Waals surface area contributed by atoms with Gasteiger partial charge < -0.3 is 0 Å². The van der Waals surface area contributed by atoms with E-state index < -0.39 is 0 Å². The molecule has 43 heavy (non-hydrogen) atoms. The van der Waals surface area contributed by atoms with Crippen LogP contribution < -0.4 is 0 Å². The summed E-state index contributed by atoms with van der Waals surface area (Å²) in [6.07, 6.45) is 7.49. The van der Waals surface area contributed by atoms with Crippen molar-refractivity contribution >= 4 is 16.4 Å². The number of pyridine rings is 5. The standard InChI is InChI=1S/C37H24N6/c1-2-10-29-26(9-1)18-21-40-35(29)36-37(43-22-8-5-13-34(43)42-36)27-16-14-25(15-17-27)28-23-32(30-11-3-6-19-38-30)41-33(24-28)31-12-4-7-20-39-31/h1-24H. The van der Waals surface area contributed by atoms with Crippen molar-refractivity contribution in [1.29, 1.82) is 0 Å². The van der Waals surface area contributed by atoms with Crippen LogP contribution in [0, 0.1) is 0 Å². The lowest BCUT2D eigenvalue weighted by atomic mass is 9.99. The van der Waals surface area contributed by atoms with Crippen LogP contribution in [0.25, 0.3) is 73.0 Å². The zero-order valence-corrected chi connectivity index (χ0v) is 23.0. The largest absolute Gasteiger partial charge is 0.299 e. The second kappa shape index (κ2) is 10.4. The highest BCUT2D eigenvalue weighted by Gasteiger charge is 2.19. The molecule has 0 saturated heterocycles. The first-order chi connectivity index (χ1) is 21.3. The van der Waals surface area contributed by atoms with E-state index in [1.165, 1.54) is 0 Å². The van der Waals surface area contributed by atoms with Gasteiger partial charge in [0.05, 0.1) is 34.2 Å². The fourth-order valence-corrected chi connectivity index (χ4v) is 5.55. The smallest absolute Gasteiger partial charge is 0.138 e. The number of benzene rings is 2. The highest BCUT2D eigenvalue weighted by molar-refractivity contribution is 5.97. The van der Waals surface area contributed by atoms with Crippen molar-refractivity contribution in [3.05, 3.63) is 146 Å². The number of rotatable bonds is 5. The molecule has 0 aliphatic carbocycles. The third kappa shape index (κ3) is 4.51. The van der Waals surface area contributed by atoms with Gasteiger partial charge in [0.25, 0.3) is 0 Å². The van der Waals surface area contributed by atoms with Crippen molar-refractivity contribution in [2.24, 2.45) is 0 Å². The predicted octanol–water partition coefficient (Wildman–Crippen LogP) is 8.40. The summed E-state index contributed by atoms with van der Waals surface area (Å²) in [4.78, 5) is 23.9. The van der Waals surface area contributed by atoms with Crippen LogP contribution >= 0.6 is 0 Å². The Bertz CT molecular complexity index is 2160. The van der Waals surface area contributed by atoms with Crippen LogP contribution in [0.5, 0.6) is 0 Å². The Hall–Kier alpha value is -6.01. The lowest BCUT2D eigenvalue weighted by Gasteiger charge is -2.11. The van der Waals surface area contributed by atoms with E-state index in [4.69, 9.17) is 15.0 Å². The van der Waals surface area contributed by atoms with Gasteiger partial charge in [-0.2, -0.15) is 0 Å². The molecule has 8 rings (SSSR count). The van der Waals surface area contributed by atoms with Crippen molar-refractivity contribution < 1.29 is 0 Å². The van der Waals surface area contributed by atoms with Crippen molar-refractivity contribution in [3.63, 3.8) is 0 Å². The Morgan fingerprint density at radius 1 is 0.442 bits per heavy atom. The fraction of sp³-hybridized carbons (Fsp3) is 0. The maximum atomic E-state index is 5.06. The SMILES string of the molecule is c1ccc(-c2cc(-c3ccc(-c4c(-c5nccc6ccccc56)nc5ccccn45)cc3)cc(-c3ccccn3)n2)nc1. The molecule has 0 spiro atoms. The molecule has 0 aliphatic rings. The molecule has 0 amide bonds. The molecule has 2 aromatic carbocycles. The molecule has 0 aliphatic heterocycles. The molecule has 0 N–H and O–H groups in total. The van der Waals surface area contributed by atoms with E-state index in [1.807, 2.05) is 79.0 Å². The molecule has 6 aromatic heterocycles. The normalized spacial score (nSPS) is 11.3. The molecule has 0 saturated carbocycles. The molecule has 6 heterocycles. The zero-order valence-electron chi connectivity index (χ0n) is 23.0. The molecule has 6 nitrogen and oxygen atoms in total. The van der Waals surface area contributed by atoms with Gasteiger partial charge in [-0.3, -0.25) is 19.4 Å². The Labute approximate surface area is 248 Å². The monoisotopic (exact) mass is 552 g/mol. The van der Waals surface area contributed by atoms with Gasteiger partial charge in [-0.15, -0.1) is 0 Å². The second-order valence-electron chi connectivity index (χ2n) is 10.3. The number of nitrogens with zero attached hydrogens (tertiary/aromatic N) is 6. The number of imidazole rings is 1. The minimum absolute atomic E-state index is 0.800. The summed E-state index contributed by atoms with van der Waals surface area (Å²) >= 11 is 0. The molecular formula is C37H24N6. The van der Waals surface area contributed by atoms with Crippen LogP contribution in [0.15, 0.2) is 146 Å². The van der Waals surface area contributed by atoms with E-state index in [1.54, 1.807) is 12.4 Å². The van der Waals surface area contributed by atoms with Crippen LogP contribution in [0.4, 0.5) is 0 Å². The van der Waals surface area contributed by atoms with Gasteiger partial charge in [0, 0.05) is 35.7 Å². The number of fused-ring (bicyclic) bond motifs is 2. The summed E-state index contributed by atoms with van der Waals surface area (Å²) in [5.74, 6) is 0. The minimum atomic E-state index is 0.800. The first kappa shape index (κ1) is 24.8. The first-order valence-electron chi connectivity index (χ1n) is 14.1. The van der Waals surface area contributed by atoms with Crippen LogP contribution in [-0.4, -0.2) is 29.3 Å². The highest BCUT2D eigenvalue weighted by atomic mass is 15.0. The Balaban J connectivity index is 1.27. The lowest BCUT2D eigenvalue weighted by Crippen LogP contribution is -1.94. The summed E-state index contributed by atoms with van der Waals surface area (Å²) in [6.45, 7) is 0. The van der Waals surface area contributed by atoms with Gasteiger partial charge in [0.2, 0.25) is 0 Å². The summed E-state index contributed by atoms with van der Waals surface area (Å²) in [5, 5.41) is 2.21. The molecule has 0 radical (unpaired) electrons. The number of aromatic nitrogens is 6. The molecule has 8 aromatic rings. The average molecular weight is 553 g/mol. The van der Waals surface area contributed by atoms with E-state index in [-0.39, 0.29) is 0 Å². The molecule has 0 fully saturated rings. The van der Waals surface area contributed by atoms with Crippen molar-refractivity contribution in [1.82, 2.24) is 29.3 Å². The van der Waals surface area contributed by atoms with E-state index in [2.05, 4.69) is 69.1 Å². The summed E-state index contributed by atoms with van der Waals surface area (Å²) < 4.78 is 2.14. The van der Waals surface area contributed by atoms with E-state index in [9.17, 15) is 0 Å². The van der Waals surface area contributed by atoms with Crippen LogP contribution in [0.1, 0.15) is 0 Å². The molecule has 202 valence electrons. The Kier molecular flexibility index (Phi) is 6.01. The summed E-state index contributed by atoms with van der Waals surface area (Å²) in [5.41, 5.74) is 10.00. The number of hydrogen-bond acceptors (Lipinski definition) is 5.